The molecule has 0 unspecified atom stereocenters. The Morgan fingerprint density at radius 3 is 2.76 bits per heavy atom. The summed E-state index contributed by atoms with van der Waals surface area (Å²) >= 11 is 11.5. The molecule has 0 amide bonds. The van der Waals surface area contributed by atoms with Crippen LogP contribution in [0.25, 0.3) is 10.9 Å². The quantitative estimate of drug-likeness (QED) is 0.699. The molecule has 0 atom stereocenters. The molecule has 0 aliphatic rings. The van der Waals surface area contributed by atoms with Crippen molar-refractivity contribution in [2.45, 2.75) is 0 Å². The number of anilines is 2. The maximum Gasteiger partial charge on any atom is 0.211 e. The summed E-state index contributed by atoms with van der Waals surface area (Å²) in [5.74, 6) is -0.556. The number of aromatic hydroxyl groups is 1. The van der Waals surface area contributed by atoms with E-state index in [0.717, 1.165) is 0 Å². The minimum Gasteiger partial charge on any atom is -0.493 e. The van der Waals surface area contributed by atoms with E-state index < -0.39 is 5.82 Å². The highest BCUT2D eigenvalue weighted by molar-refractivity contribution is 6.42. The molecule has 21 heavy (non-hydrogen) atoms. The van der Waals surface area contributed by atoms with Crippen molar-refractivity contribution >= 4 is 45.6 Å². The van der Waals surface area contributed by atoms with Gasteiger partial charge in [-0.1, -0.05) is 23.2 Å². The molecule has 0 aliphatic heterocycles. The summed E-state index contributed by atoms with van der Waals surface area (Å²) in [5.41, 5.74) is 0.617. The van der Waals surface area contributed by atoms with E-state index in [4.69, 9.17) is 23.2 Å². The molecule has 0 fully saturated rings. The number of fused-ring (bicyclic) bond motifs is 1. The number of halogens is 3. The van der Waals surface area contributed by atoms with Gasteiger partial charge in [-0.05, 0) is 12.1 Å². The Balaban J connectivity index is 2.10. The molecule has 106 valence electrons. The van der Waals surface area contributed by atoms with E-state index in [2.05, 4.69) is 20.3 Å². The zero-order valence-electron chi connectivity index (χ0n) is 10.3. The number of nitrogens with zero attached hydrogens (tertiary/aromatic N) is 3. The van der Waals surface area contributed by atoms with E-state index >= 15 is 0 Å². The van der Waals surface area contributed by atoms with Crippen LogP contribution in [-0.2, 0) is 0 Å². The lowest BCUT2D eigenvalue weighted by atomic mass is 10.2. The second kappa shape index (κ2) is 5.31. The average molecular weight is 325 g/mol. The predicted molar refractivity (Wildman–Crippen MR) is 78.7 cm³/mol. The van der Waals surface area contributed by atoms with E-state index in [0.29, 0.717) is 16.7 Å². The number of pyridine rings is 1. The van der Waals surface area contributed by atoms with Crippen molar-refractivity contribution in [2.75, 3.05) is 5.32 Å². The van der Waals surface area contributed by atoms with Crippen molar-refractivity contribution in [2.24, 2.45) is 0 Å². The molecule has 2 N–H and O–H groups in total. The van der Waals surface area contributed by atoms with Gasteiger partial charge in [-0.3, -0.25) is 0 Å². The maximum absolute atomic E-state index is 14.0. The zero-order valence-corrected chi connectivity index (χ0v) is 11.8. The minimum atomic E-state index is -0.686. The fourth-order valence-corrected chi connectivity index (χ4v) is 2.11. The van der Waals surface area contributed by atoms with Crippen molar-refractivity contribution in [3.8, 4) is 5.88 Å². The van der Waals surface area contributed by atoms with Gasteiger partial charge in [0.15, 0.2) is 5.82 Å². The summed E-state index contributed by atoms with van der Waals surface area (Å²) in [4.78, 5) is 11.8. The average Bonchev–Trinajstić information content (AvgIpc) is 2.48. The fourth-order valence-electron chi connectivity index (χ4n) is 1.80. The molecule has 2 heterocycles. The molecule has 2 aromatic heterocycles. The van der Waals surface area contributed by atoms with Gasteiger partial charge in [0, 0.05) is 11.5 Å². The molecular formula is C13H7Cl2FN4O. The van der Waals surface area contributed by atoms with Crippen molar-refractivity contribution in [1.29, 1.82) is 0 Å². The summed E-state index contributed by atoms with van der Waals surface area (Å²) in [6.45, 7) is 0. The lowest BCUT2D eigenvalue weighted by molar-refractivity contribution is 0.454. The molecule has 0 saturated heterocycles. The van der Waals surface area contributed by atoms with Crippen molar-refractivity contribution in [3.05, 3.63) is 46.6 Å². The lowest BCUT2D eigenvalue weighted by Crippen LogP contribution is -1.99. The summed E-state index contributed by atoms with van der Waals surface area (Å²) in [5, 5.41) is 12.7. The third-order valence-electron chi connectivity index (χ3n) is 2.80. The molecule has 3 rings (SSSR count). The Morgan fingerprint density at radius 2 is 1.95 bits per heavy atom. The van der Waals surface area contributed by atoms with E-state index in [1.54, 1.807) is 0 Å². The van der Waals surface area contributed by atoms with Gasteiger partial charge in [0.05, 0.1) is 27.4 Å². The van der Waals surface area contributed by atoms with Gasteiger partial charge in [-0.2, -0.15) is 0 Å². The summed E-state index contributed by atoms with van der Waals surface area (Å²) in [6.07, 6.45) is 2.70. The molecule has 8 heteroatoms. The van der Waals surface area contributed by atoms with E-state index in [1.165, 1.54) is 30.7 Å². The van der Waals surface area contributed by atoms with Crippen LogP contribution in [0.15, 0.2) is 30.7 Å². The first kappa shape index (κ1) is 13.8. The molecule has 5 nitrogen and oxygen atoms in total. The fraction of sp³-hybridized carbons (Fsp3) is 0. The lowest BCUT2D eigenvalue weighted by Gasteiger charge is -2.10. The molecule has 0 spiro atoms. The van der Waals surface area contributed by atoms with Gasteiger partial charge in [-0.15, -0.1) is 0 Å². The third kappa shape index (κ3) is 2.55. The van der Waals surface area contributed by atoms with Gasteiger partial charge in [0.25, 0.3) is 0 Å². The smallest absolute Gasteiger partial charge is 0.211 e. The Labute approximate surface area is 128 Å². The van der Waals surface area contributed by atoms with Gasteiger partial charge in [0.2, 0.25) is 5.88 Å². The molecule has 0 saturated carbocycles. The molecule has 0 aliphatic carbocycles. The normalized spacial score (nSPS) is 10.8. The van der Waals surface area contributed by atoms with Crippen LogP contribution in [0.2, 0.25) is 10.0 Å². The van der Waals surface area contributed by atoms with Crippen LogP contribution in [0.1, 0.15) is 0 Å². The summed E-state index contributed by atoms with van der Waals surface area (Å²) < 4.78 is 14.0. The van der Waals surface area contributed by atoms with Gasteiger partial charge >= 0.3 is 0 Å². The third-order valence-corrected chi connectivity index (χ3v) is 3.58. The molecular weight excluding hydrogens is 318 g/mol. The summed E-state index contributed by atoms with van der Waals surface area (Å²) in [6, 6.07) is 4.29. The molecule has 0 bridgehead atoms. The van der Waals surface area contributed by atoms with Gasteiger partial charge in [0.1, 0.15) is 12.1 Å². The van der Waals surface area contributed by atoms with Crippen LogP contribution >= 0.6 is 23.2 Å². The SMILES string of the molecule is Oc1cc2c(Nc3ccc(Cl)c(Cl)c3F)ncnc2cn1. The standard InChI is InChI=1S/C13H7Cl2FN4O/c14-7-1-2-8(12(16)11(7)15)20-13-6-3-10(21)17-4-9(6)18-5-19-13/h1-5H,(H,17,21)(H,18,19,20). The Hall–Kier alpha value is -2.18. The van der Waals surface area contributed by atoms with Crippen LogP contribution in [0.4, 0.5) is 15.9 Å². The van der Waals surface area contributed by atoms with Crippen molar-refractivity contribution < 1.29 is 9.50 Å². The van der Waals surface area contributed by atoms with Crippen molar-refractivity contribution in [1.82, 2.24) is 15.0 Å². The highest BCUT2D eigenvalue weighted by Gasteiger charge is 2.13. The van der Waals surface area contributed by atoms with E-state index in [-0.39, 0.29) is 21.6 Å². The topological polar surface area (TPSA) is 70.9 Å². The first-order valence-electron chi connectivity index (χ1n) is 5.76. The van der Waals surface area contributed by atoms with E-state index in [1.807, 2.05) is 0 Å². The Bertz CT molecular complexity index is 844. The zero-order chi connectivity index (χ0) is 15.0. The number of benzene rings is 1. The van der Waals surface area contributed by atoms with Gasteiger partial charge in [-0.25, -0.2) is 19.3 Å². The maximum atomic E-state index is 14.0. The Morgan fingerprint density at radius 1 is 1.14 bits per heavy atom. The highest BCUT2D eigenvalue weighted by atomic mass is 35.5. The second-order valence-electron chi connectivity index (χ2n) is 4.13. The number of hydrogen-bond donors (Lipinski definition) is 2. The second-order valence-corrected chi connectivity index (χ2v) is 4.92. The first-order chi connectivity index (χ1) is 10.1. The van der Waals surface area contributed by atoms with Crippen LogP contribution in [0, 0.1) is 5.82 Å². The number of nitrogens with one attached hydrogen (secondary N) is 1. The monoisotopic (exact) mass is 324 g/mol. The number of aromatic nitrogens is 3. The van der Waals surface area contributed by atoms with Gasteiger partial charge < -0.3 is 10.4 Å². The number of hydrogen-bond acceptors (Lipinski definition) is 5. The highest BCUT2D eigenvalue weighted by Crippen LogP contribution is 2.32. The van der Waals surface area contributed by atoms with Crippen LogP contribution in [0.3, 0.4) is 0 Å². The molecule has 0 radical (unpaired) electrons. The first-order valence-corrected chi connectivity index (χ1v) is 6.52. The predicted octanol–water partition coefficient (Wildman–Crippen LogP) is 3.92. The number of rotatable bonds is 2. The largest absolute Gasteiger partial charge is 0.493 e. The Kier molecular flexibility index (Phi) is 3.48. The van der Waals surface area contributed by atoms with Crippen molar-refractivity contribution in [3.63, 3.8) is 0 Å². The molecule has 3 aromatic rings. The van der Waals surface area contributed by atoms with Crippen LogP contribution in [0.5, 0.6) is 5.88 Å². The van der Waals surface area contributed by atoms with Crippen LogP contribution < -0.4 is 5.32 Å². The minimum absolute atomic E-state index is 0.112. The summed E-state index contributed by atoms with van der Waals surface area (Å²) in [7, 11) is 0. The van der Waals surface area contributed by atoms with E-state index in [9.17, 15) is 9.50 Å². The van der Waals surface area contributed by atoms with Crippen LogP contribution in [-0.4, -0.2) is 20.1 Å². The molecule has 1 aromatic carbocycles.